The molecule has 0 saturated heterocycles. The van der Waals surface area contributed by atoms with Gasteiger partial charge in [0.1, 0.15) is 0 Å². The summed E-state index contributed by atoms with van der Waals surface area (Å²) < 4.78 is 0. The molecule has 4 saturated carbocycles. The molecule has 0 spiro atoms. The second kappa shape index (κ2) is 19.4. The van der Waals surface area contributed by atoms with Crippen LogP contribution in [0.25, 0.3) is 0 Å². The molecule has 0 aromatic carbocycles. The van der Waals surface area contributed by atoms with Crippen molar-refractivity contribution in [3.8, 4) is 0 Å². The Bertz CT molecular complexity index is 933. The molecule has 4 fully saturated rings. The van der Waals surface area contributed by atoms with Gasteiger partial charge in [0.2, 0.25) is 0 Å². The third-order valence-corrected chi connectivity index (χ3v) is 16.1. The molecule has 4 aliphatic rings. The van der Waals surface area contributed by atoms with Gasteiger partial charge in [-0.05, 0) is 174 Å². The van der Waals surface area contributed by atoms with Gasteiger partial charge in [-0.1, -0.05) is 173 Å². The Morgan fingerprint density at radius 3 is 0.500 bits per heavy atom. The summed E-state index contributed by atoms with van der Waals surface area (Å²) in [7, 11) is 0. The van der Waals surface area contributed by atoms with Crippen LogP contribution >= 0.6 is 0 Å². The van der Waals surface area contributed by atoms with Crippen LogP contribution in [0.15, 0.2) is 0 Å². The molecule has 0 aromatic rings. The van der Waals surface area contributed by atoms with E-state index < -0.39 is 0 Å². The molecular formula is C54H108. The molecule has 0 aromatic heterocycles. The van der Waals surface area contributed by atoms with E-state index in [1.807, 2.05) is 0 Å². The topological polar surface area (TPSA) is 0 Å². The third-order valence-electron chi connectivity index (χ3n) is 16.1. The van der Waals surface area contributed by atoms with Gasteiger partial charge in [0.25, 0.3) is 0 Å². The maximum absolute atomic E-state index is 2.41. The molecule has 0 nitrogen and oxygen atoms in total. The fraction of sp³-hybridized carbons (Fsp3) is 1.00. The second-order valence-corrected chi connectivity index (χ2v) is 28.5. The summed E-state index contributed by atoms with van der Waals surface area (Å²) in [5.41, 5.74) is 4.24. The summed E-state index contributed by atoms with van der Waals surface area (Å²) in [5.74, 6) is 7.67. The first-order valence-corrected chi connectivity index (χ1v) is 23.8. The molecule has 4 rings (SSSR count). The van der Waals surface area contributed by atoms with E-state index in [1.54, 1.807) is 0 Å². The molecule has 4 unspecified atom stereocenters. The van der Waals surface area contributed by atoms with Crippen LogP contribution in [0.3, 0.4) is 0 Å². The highest BCUT2D eigenvalue weighted by molar-refractivity contribution is 4.92. The van der Waals surface area contributed by atoms with Gasteiger partial charge in [-0.25, -0.2) is 0 Å². The van der Waals surface area contributed by atoms with E-state index in [0.29, 0.717) is 43.3 Å². The van der Waals surface area contributed by atoms with Crippen LogP contribution in [0.2, 0.25) is 0 Å². The Hall–Kier alpha value is 0. The molecule has 0 amide bonds. The molecular weight excluding hydrogens is 649 g/mol. The Labute approximate surface area is 345 Å². The van der Waals surface area contributed by atoms with Crippen LogP contribution in [-0.4, -0.2) is 0 Å². The highest BCUT2D eigenvalue weighted by atomic mass is 14.5. The van der Waals surface area contributed by atoms with E-state index >= 15 is 0 Å². The summed E-state index contributed by atoms with van der Waals surface area (Å²) in [6.07, 6.45) is 20.3. The molecule has 0 radical (unpaired) electrons. The van der Waals surface area contributed by atoms with Gasteiger partial charge in [-0.3, -0.25) is 0 Å². The standard InChI is InChI=1S/C15H30.C14H28.C13H26.C12H24/c1-14(2,3)12-8-7-9-13(11-10-12)15(4,5)6;1-13(2,3)11-7-9-12(10-8-11)14(4,5)6;1-12(2,3)10-7-8-11(9-10)13(4,5)6;1-11(2,3)9-7-10(8-9)12(4,5)6/h12-13H,7-11H2,1-6H3;11-12H,7-10H2,1-6H3;10-11H,7-9H2,1-6H3;9-10H,7-8H2,1-6H3. The summed E-state index contributed by atoms with van der Waals surface area (Å²) in [6, 6.07) is 0. The zero-order valence-corrected chi connectivity index (χ0v) is 42.5. The van der Waals surface area contributed by atoms with Crippen molar-refractivity contribution in [2.75, 3.05) is 0 Å². The SMILES string of the molecule is CC(C)(C)C1CC(C(C)(C)C)C1.CC(C)(C)C1CCC(C(C)(C)C)C1.CC(C)(C)C1CCC(C(C)(C)C)CC1.CC(C)(C)C1CCCC(C(C)(C)C)CC1. The Balaban J connectivity index is 0.000000361. The summed E-state index contributed by atoms with van der Waals surface area (Å²) >= 11 is 0. The quantitative estimate of drug-likeness (QED) is 0.216. The van der Waals surface area contributed by atoms with Crippen molar-refractivity contribution < 1.29 is 0 Å². The summed E-state index contributed by atoms with van der Waals surface area (Å²) in [4.78, 5) is 0. The predicted octanol–water partition coefficient (Wildman–Crippen LogP) is 18.8. The largest absolute Gasteiger partial charge is 0.0599 e. The first-order chi connectivity index (χ1) is 23.8. The van der Waals surface area contributed by atoms with Gasteiger partial charge in [0, 0.05) is 0 Å². The minimum absolute atomic E-state index is 0.521. The van der Waals surface area contributed by atoms with Gasteiger partial charge in [-0.2, -0.15) is 0 Å². The van der Waals surface area contributed by atoms with Crippen LogP contribution in [-0.2, 0) is 0 Å². The van der Waals surface area contributed by atoms with E-state index in [9.17, 15) is 0 Å². The van der Waals surface area contributed by atoms with Gasteiger partial charge in [0.05, 0.1) is 0 Å². The molecule has 0 heterocycles. The van der Waals surface area contributed by atoms with Crippen molar-refractivity contribution in [1.29, 1.82) is 0 Å². The average molecular weight is 757 g/mol. The van der Waals surface area contributed by atoms with Gasteiger partial charge in [0.15, 0.2) is 0 Å². The van der Waals surface area contributed by atoms with Gasteiger partial charge < -0.3 is 0 Å². The molecule has 0 bridgehead atoms. The lowest BCUT2D eigenvalue weighted by Gasteiger charge is -2.49. The lowest BCUT2D eigenvalue weighted by molar-refractivity contribution is 0.0110. The molecule has 324 valence electrons. The highest BCUT2D eigenvalue weighted by Crippen LogP contribution is 2.52. The highest BCUT2D eigenvalue weighted by Gasteiger charge is 2.42. The monoisotopic (exact) mass is 757 g/mol. The average Bonchev–Trinajstić information content (AvgIpc) is 3.29. The van der Waals surface area contributed by atoms with Crippen molar-refractivity contribution in [3.63, 3.8) is 0 Å². The maximum atomic E-state index is 2.41. The molecule has 0 heteroatoms. The van der Waals surface area contributed by atoms with E-state index in [4.69, 9.17) is 0 Å². The fourth-order valence-electron chi connectivity index (χ4n) is 10.4. The fourth-order valence-corrected chi connectivity index (χ4v) is 10.4. The van der Waals surface area contributed by atoms with Crippen LogP contribution in [0.4, 0.5) is 0 Å². The van der Waals surface area contributed by atoms with Crippen LogP contribution in [0.5, 0.6) is 0 Å². The zero-order valence-electron chi connectivity index (χ0n) is 42.5. The summed E-state index contributed by atoms with van der Waals surface area (Å²) in [6.45, 7) is 57.4. The van der Waals surface area contributed by atoms with E-state index in [-0.39, 0.29) is 0 Å². The number of hydrogen-bond acceptors (Lipinski definition) is 0. The first-order valence-electron chi connectivity index (χ1n) is 23.8. The lowest BCUT2D eigenvalue weighted by Crippen LogP contribution is -2.40. The third kappa shape index (κ3) is 18.3. The van der Waals surface area contributed by atoms with Crippen molar-refractivity contribution in [1.82, 2.24) is 0 Å². The van der Waals surface area contributed by atoms with E-state index in [0.717, 1.165) is 47.3 Å². The van der Waals surface area contributed by atoms with Crippen molar-refractivity contribution in [2.24, 2.45) is 90.7 Å². The molecule has 4 aliphatic carbocycles. The Morgan fingerprint density at radius 2 is 0.333 bits per heavy atom. The normalized spacial score (nSPS) is 30.7. The summed E-state index contributed by atoms with van der Waals surface area (Å²) in [5, 5.41) is 0. The maximum Gasteiger partial charge on any atom is -0.0354 e. The van der Waals surface area contributed by atoms with Crippen LogP contribution in [0.1, 0.15) is 256 Å². The predicted molar refractivity (Wildman–Crippen MR) is 248 cm³/mol. The van der Waals surface area contributed by atoms with Crippen LogP contribution in [0, 0.1) is 90.7 Å². The number of hydrogen-bond donors (Lipinski definition) is 0. The smallest absolute Gasteiger partial charge is 0.0354 e. The van der Waals surface area contributed by atoms with Gasteiger partial charge >= 0.3 is 0 Å². The van der Waals surface area contributed by atoms with Crippen molar-refractivity contribution in [2.45, 2.75) is 256 Å². The molecule has 0 N–H and O–H groups in total. The van der Waals surface area contributed by atoms with Crippen LogP contribution < -0.4 is 0 Å². The minimum Gasteiger partial charge on any atom is -0.0599 e. The lowest BCUT2D eigenvalue weighted by atomic mass is 9.56. The molecule has 0 aliphatic heterocycles. The second-order valence-electron chi connectivity index (χ2n) is 28.5. The Kier molecular flexibility index (Phi) is 18.7. The minimum atomic E-state index is 0.521. The molecule has 4 atom stereocenters. The van der Waals surface area contributed by atoms with E-state index in [2.05, 4.69) is 166 Å². The number of rotatable bonds is 0. The zero-order chi connectivity index (χ0) is 42.5. The van der Waals surface area contributed by atoms with Crippen molar-refractivity contribution >= 4 is 0 Å². The molecule has 54 heavy (non-hydrogen) atoms. The van der Waals surface area contributed by atoms with Crippen molar-refractivity contribution in [3.05, 3.63) is 0 Å². The Morgan fingerprint density at radius 1 is 0.185 bits per heavy atom. The van der Waals surface area contributed by atoms with Gasteiger partial charge in [-0.15, -0.1) is 0 Å². The van der Waals surface area contributed by atoms with E-state index in [1.165, 1.54) is 89.9 Å². The first kappa shape index (κ1) is 52.0.